The Morgan fingerprint density at radius 1 is 1.33 bits per heavy atom. The van der Waals surface area contributed by atoms with Crippen LogP contribution >= 0.6 is 15.9 Å². The van der Waals surface area contributed by atoms with Crippen LogP contribution in [0, 0.1) is 0 Å². The molecule has 0 atom stereocenters. The Labute approximate surface area is 114 Å². The lowest BCUT2D eigenvalue weighted by Crippen LogP contribution is -2.08. The molecule has 5 nitrogen and oxygen atoms in total. The van der Waals surface area contributed by atoms with Crippen molar-refractivity contribution >= 4 is 15.9 Å². The average molecular weight is 311 g/mol. The summed E-state index contributed by atoms with van der Waals surface area (Å²) in [6, 6.07) is 7.77. The standard InChI is InChI=1S/C12H15BrN4O/c1-14-8-11-9-17(16-15-11)6-7-18-12-4-2-10(13)3-5-12/h2-5,9,14H,6-8H2,1H3. The van der Waals surface area contributed by atoms with Crippen LogP contribution in [0.15, 0.2) is 34.9 Å². The number of ether oxygens (including phenoxy) is 1. The summed E-state index contributed by atoms with van der Waals surface area (Å²) >= 11 is 3.38. The summed E-state index contributed by atoms with van der Waals surface area (Å²) in [5, 5.41) is 11.1. The second-order valence-electron chi connectivity index (χ2n) is 3.81. The summed E-state index contributed by atoms with van der Waals surface area (Å²) in [6.07, 6.45) is 1.92. The Morgan fingerprint density at radius 2 is 2.11 bits per heavy atom. The SMILES string of the molecule is CNCc1cn(CCOc2ccc(Br)cc2)nn1. The van der Waals surface area contributed by atoms with Crippen molar-refractivity contribution in [2.75, 3.05) is 13.7 Å². The van der Waals surface area contributed by atoms with E-state index in [0.717, 1.165) is 22.5 Å². The molecule has 0 radical (unpaired) electrons. The molecule has 0 unspecified atom stereocenters. The Hall–Kier alpha value is -1.40. The van der Waals surface area contributed by atoms with Crippen molar-refractivity contribution in [3.05, 3.63) is 40.6 Å². The van der Waals surface area contributed by atoms with E-state index in [4.69, 9.17) is 4.74 Å². The molecule has 1 aromatic carbocycles. The molecule has 0 saturated carbocycles. The first kappa shape index (κ1) is 13.0. The van der Waals surface area contributed by atoms with Gasteiger partial charge in [0.15, 0.2) is 0 Å². The number of nitrogens with one attached hydrogen (secondary N) is 1. The maximum absolute atomic E-state index is 5.61. The van der Waals surface area contributed by atoms with Gasteiger partial charge in [-0.15, -0.1) is 5.10 Å². The van der Waals surface area contributed by atoms with Gasteiger partial charge in [-0.1, -0.05) is 21.1 Å². The van der Waals surface area contributed by atoms with E-state index in [1.165, 1.54) is 0 Å². The smallest absolute Gasteiger partial charge is 0.119 e. The van der Waals surface area contributed by atoms with Gasteiger partial charge in [0, 0.05) is 17.2 Å². The highest BCUT2D eigenvalue weighted by molar-refractivity contribution is 9.10. The van der Waals surface area contributed by atoms with E-state index < -0.39 is 0 Å². The van der Waals surface area contributed by atoms with Crippen molar-refractivity contribution in [1.29, 1.82) is 0 Å². The van der Waals surface area contributed by atoms with E-state index in [1.807, 2.05) is 37.5 Å². The summed E-state index contributed by atoms with van der Waals surface area (Å²) in [5.74, 6) is 0.855. The minimum atomic E-state index is 0.573. The molecular formula is C12H15BrN4O. The Morgan fingerprint density at radius 3 is 2.83 bits per heavy atom. The van der Waals surface area contributed by atoms with Gasteiger partial charge in [0.05, 0.1) is 12.2 Å². The third-order valence-electron chi connectivity index (χ3n) is 2.35. The first-order chi connectivity index (χ1) is 8.78. The maximum atomic E-state index is 5.61. The fraction of sp³-hybridized carbons (Fsp3) is 0.333. The number of rotatable bonds is 6. The zero-order chi connectivity index (χ0) is 12.8. The highest BCUT2D eigenvalue weighted by Gasteiger charge is 1.99. The minimum absolute atomic E-state index is 0.573. The van der Waals surface area contributed by atoms with E-state index in [2.05, 4.69) is 31.6 Å². The van der Waals surface area contributed by atoms with Gasteiger partial charge in [-0.2, -0.15) is 0 Å². The fourth-order valence-electron chi connectivity index (χ4n) is 1.50. The molecule has 2 aromatic rings. The number of aromatic nitrogens is 3. The van der Waals surface area contributed by atoms with E-state index >= 15 is 0 Å². The van der Waals surface area contributed by atoms with Gasteiger partial charge in [0.1, 0.15) is 12.4 Å². The average Bonchev–Trinajstić information content (AvgIpc) is 2.80. The van der Waals surface area contributed by atoms with Crippen molar-refractivity contribution in [2.45, 2.75) is 13.1 Å². The molecule has 0 fully saturated rings. The minimum Gasteiger partial charge on any atom is -0.492 e. The zero-order valence-electron chi connectivity index (χ0n) is 10.1. The molecule has 0 saturated heterocycles. The lowest BCUT2D eigenvalue weighted by molar-refractivity contribution is 0.289. The van der Waals surface area contributed by atoms with Crippen molar-refractivity contribution in [1.82, 2.24) is 20.3 Å². The third-order valence-corrected chi connectivity index (χ3v) is 2.88. The van der Waals surface area contributed by atoms with Crippen LogP contribution in [0.3, 0.4) is 0 Å². The van der Waals surface area contributed by atoms with Crippen LogP contribution < -0.4 is 10.1 Å². The zero-order valence-corrected chi connectivity index (χ0v) is 11.7. The highest BCUT2D eigenvalue weighted by atomic mass is 79.9. The molecule has 6 heteroatoms. The number of hydrogen-bond donors (Lipinski definition) is 1. The third kappa shape index (κ3) is 3.82. The summed E-state index contributed by atoms with van der Waals surface area (Å²) < 4.78 is 8.44. The Balaban J connectivity index is 1.79. The molecule has 0 aliphatic carbocycles. The van der Waals surface area contributed by atoms with Gasteiger partial charge in [0.2, 0.25) is 0 Å². The van der Waals surface area contributed by atoms with Crippen LogP contribution in [0.4, 0.5) is 0 Å². The quantitative estimate of drug-likeness (QED) is 0.884. The number of nitrogens with zero attached hydrogens (tertiary/aromatic N) is 3. The lowest BCUT2D eigenvalue weighted by Gasteiger charge is -2.05. The Kier molecular flexibility index (Phi) is 4.72. The monoisotopic (exact) mass is 310 g/mol. The van der Waals surface area contributed by atoms with Crippen LogP contribution in [0.2, 0.25) is 0 Å². The van der Waals surface area contributed by atoms with Gasteiger partial charge in [-0.3, -0.25) is 0 Å². The Bertz CT molecular complexity index is 483. The van der Waals surface area contributed by atoms with E-state index in [-0.39, 0.29) is 0 Å². The van der Waals surface area contributed by atoms with Crippen molar-refractivity contribution in [2.24, 2.45) is 0 Å². The molecular weight excluding hydrogens is 296 g/mol. The molecule has 0 aliphatic rings. The van der Waals surface area contributed by atoms with Crippen molar-refractivity contribution in [3.63, 3.8) is 0 Å². The van der Waals surface area contributed by atoms with Gasteiger partial charge in [-0.25, -0.2) is 4.68 Å². The summed E-state index contributed by atoms with van der Waals surface area (Å²) in [6.45, 7) is 1.99. The summed E-state index contributed by atoms with van der Waals surface area (Å²) in [5.41, 5.74) is 0.932. The lowest BCUT2D eigenvalue weighted by atomic mass is 10.3. The highest BCUT2D eigenvalue weighted by Crippen LogP contribution is 2.15. The van der Waals surface area contributed by atoms with Gasteiger partial charge < -0.3 is 10.1 Å². The van der Waals surface area contributed by atoms with Crippen LogP contribution in [0.1, 0.15) is 5.69 Å². The molecule has 1 heterocycles. The first-order valence-electron chi connectivity index (χ1n) is 5.70. The second kappa shape index (κ2) is 6.51. The van der Waals surface area contributed by atoms with Gasteiger partial charge >= 0.3 is 0 Å². The summed E-state index contributed by atoms with van der Waals surface area (Å²) in [4.78, 5) is 0. The van der Waals surface area contributed by atoms with Gasteiger partial charge in [-0.05, 0) is 31.3 Å². The predicted molar refractivity (Wildman–Crippen MR) is 72.4 cm³/mol. The van der Waals surface area contributed by atoms with E-state index in [1.54, 1.807) is 4.68 Å². The summed E-state index contributed by atoms with van der Waals surface area (Å²) in [7, 11) is 1.88. The number of halogens is 1. The fourth-order valence-corrected chi connectivity index (χ4v) is 1.76. The molecule has 0 bridgehead atoms. The number of benzene rings is 1. The van der Waals surface area contributed by atoms with Crippen LogP contribution in [0.25, 0.3) is 0 Å². The van der Waals surface area contributed by atoms with Crippen LogP contribution in [-0.2, 0) is 13.1 Å². The maximum Gasteiger partial charge on any atom is 0.119 e. The largest absolute Gasteiger partial charge is 0.492 e. The first-order valence-corrected chi connectivity index (χ1v) is 6.49. The van der Waals surface area contributed by atoms with Gasteiger partial charge in [0.25, 0.3) is 0 Å². The molecule has 0 spiro atoms. The van der Waals surface area contributed by atoms with E-state index in [0.29, 0.717) is 13.2 Å². The number of hydrogen-bond acceptors (Lipinski definition) is 4. The predicted octanol–water partition coefficient (Wildman–Crippen LogP) is 1.84. The van der Waals surface area contributed by atoms with E-state index in [9.17, 15) is 0 Å². The molecule has 2 rings (SSSR count). The van der Waals surface area contributed by atoms with Crippen molar-refractivity contribution in [3.8, 4) is 5.75 Å². The van der Waals surface area contributed by atoms with Crippen LogP contribution in [-0.4, -0.2) is 28.6 Å². The normalized spacial score (nSPS) is 10.6. The molecule has 0 amide bonds. The molecule has 18 heavy (non-hydrogen) atoms. The topological polar surface area (TPSA) is 52.0 Å². The molecule has 96 valence electrons. The van der Waals surface area contributed by atoms with Crippen LogP contribution in [0.5, 0.6) is 5.75 Å². The second-order valence-corrected chi connectivity index (χ2v) is 4.72. The van der Waals surface area contributed by atoms with Crippen molar-refractivity contribution < 1.29 is 4.74 Å². The molecule has 1 aromatic heterocycles. The molecule has 0 aliphatic heterocycles. The molecule has 1 N–H and O–H groups in total.